The third kappa shape index (κ3) is 14.0. The molecule has 454 valence electrons. The molecule has 3 amide bonds. The fourth-order valence-electron chi connectivity index (χ4n) is 15.8. The monoisotopic (exact) mass is 1190 g/mol. The number of carbonyl (C=O) groups is 7. The van der Waals surface area contributed by atoms with Crippen molar-refractivity contribution < 1.29 is 58.4 Å². The third-order valence-corrected chi connectivity index (χ3v) is 22.9. The van der Waals surface area contributed by atoms with Crippen LogP contribution in [0.2, 0.25) is 0 Å². The largest absolute Gasteiger partial charge is 0.480 e. The number of allylic oxidation sites excluding steroid dienone is 4. The molecule has 2 aromatic rings. The third-order valence-electron chi connectivity index (χ3n) is 20.7. The molecule has 1 aromatic carbocycles. The van der Waals surface area contributed by atoms with Gasteiger partial charge < -0.3 is 35.2 Å². The fourth-order valence-corrected chi connectivity index (χ4v) is 17.9. The lowest BCUT2D eigenvalue weighted by Gasteiger charge is -2.61. The highest BCUT2D eigenvalue weighted by molar-refractivity contribution is 8.15. The van der Waals surface area contributed by atoms with Crippen molar-refractivity contribution in [3.63, 3.8) is 0 Å². The van der Waals surface area contributed by atoms with Crippen LogP contribution in [-0.4, -0.2) is 145 Å². The number of aromatic nitrogens is 1. The van der Waals surface area contributed by atoms with E-state index >= 15 is 0 Å². The molecule has 83 heavy (non-hydrogen) atoms. The van der Waals surface area contributed by atoms with Crippen LogP contribution in [0.25, 0.3) is 10.2 Å². The van der Waals surface area contributed by atoms with Gasteiger partial charge in [-0.2, -0.15) is 0 Å². The van der Waals surface area contributed by atoms with Gasteiger partial charge in [0, 0.05) is 108 Å². The molecule has 4 saturated carbocycles. The number of Topliss-reactive ketones (excluding diaryl/α,β-unsaturated/α-hetero) is 2. The van der Waals surface area contributed by atoms with Crippen LogP contribution in [-0.2, 0) is 28.8 Å². The van der Waals surface area contributed by atoms with Crippen molar-refractivity contribution >= 4 is 79.8 Å². The Morgan fingerprint density at radius 1 is 0.880 bits per heavy atom. The smallest absolute Gasteiger partial charge is 0.415 e. The number of carboxylic acids is 2. The maximum Gasteiger partial charge on any atom is 0.415 e. The number of aliphatic carboxylic acids is 2. The number of benzene rings is 1. The number of thioether (sulfide) groups is 1. The number of aliphatic hydroxyl groups is 1. The van der Waals surface area contributed by atoms with Crippen molar-refractivity contribution in [2.45, 2.75) is 183 Å². The van der Waals surface area contributed by atoms with Crippen molar-refractivity contribution in [2.24, 2.45) is 56.7 Å². The maximum absolute atomic E-state index is 14.0. The first-order chi connectivity index (χ1) is 39.2. The normalized spacial score (nSPS) is 27.8. The first kappa shape index (κ1) is 63.7. The highest BCUT2D eigenvalue weighted by Crippen LogP contribution is 2.68. The molecule has 0 spiro atoms. The van der Waals surface area contributed by atoms with Gasteiger partial charge in [-0.05, 0) is 163 Å². The average Bonchev–Trinajstić information content (AvgIpc) is 3.13. The number of unbranched alkanes of at least 4 members (excludes halogenated alkanes) is 1. The number of hydrogen-bond donors (Lipinski definition) is 4. The summed E-state index contributed by atoms with van der Waals surface area (Å²) in [6, 6.07) is 2.94. The van der Waals surface area contributed by atoms with Crippen LogP contribution in [0.4, 0.5) is 4.79 Å². The van der Waals surface area contributed by atoms with Crippen LogP contribution in [0, 0.1) is 56.7 Å². The molecule has 2 heterocycles. The van der Waals surface area contributed by atoms with E-state index in [9.17, 15) is 53.8 Å². The lowest BCUT2D eigenvalue weighted by molar-refractivity contribution is -0.576. The van der Waals surface area contributed by atoms with Crippen molar-refractivity contribution in [1.29, 1.82) is 0 Å². The number of fused-ring (bicyclic) bond motifs is 6. The number of nitrogens with zero attached hydrogens (tertiary/aromatic N) is 5. The maximum atomic E-state index is 14.0. The van der Waals surface area contributed by atoms with Gasteiger partial charge in [-0.1, -0.05) is 34.6 Å². The molecule has 11 unspecified atom stereocenters. The van der Waals surface area contributed by atoms with Crippen LogP contribution in [0.3, 0.4) is 0 Å². The predicted octanol–water partition coefficient (Wildman–Crippen LogP) is 10.5. The van der Waals surface area contributed by atoms with Gasteiger partial charge in [-0.25, -0.2) is 19.4 Å². The van der Waals surface area contributed by atoms with Crippen LogP contribution in [0.5, 0.6) is 5.75 Å². The van der Waals surface area contributed by atoms with E-state index in [1.807, 2.05) is 0 Å². The first-order valence-electron chi connectivity index (χ1n) is 30.4. The Hall–Kier alpha value is -5.34. The standard InChI is InChI=1S/C63H88N6O12S2/c1-36(44-20-21-45-43-19-17-40-32-41(70)23-25-62(40,7)46(43)24-26-63(44,45)8)14-12-29-69(80)49(59(77)78)15-10-11-27-64-51(71)16-13-28-68(31-30-67(9)52(72)34-61(5,6)53-39(4)54(73)37(2)38(3)55(53)74)60(79)81-42-18-22-47-50(33-42)83-57(65-47)56-66-48(35-82-56)58(75)76/h18,22,33,36,40-41,43-46,48-49,70H,10-17,19-21,23-32,34-35H2,1-9H3,(H2-,64,71,75,76,77,78)/p+1. The number of likely N-dealkylation sites (N-methyl/N-ethyl adjacent to an activating group) is 1. The molecule has 11 atom stereocenters. The SMILES string of the molecule is CC1=C(C)C(=O)C(C(C)(C)CC(=O)N(C)CCN(CCCC(=O)NCCCCC(C(=O)O)[N+](=O)CCCC(C)C2CCC3C4CCC5CC(O)CCC5(C)C4CCC23C)C(=O)Oc2ccc3nc(C4=NC(C(=O)O)CS4)sc3c2)=C(C)C1=O. The minimum atomic E-state index is -1.17. The minimum Gasteiger partial charge on any atom is -0.480 e. The lowest BCUT2D eigenvalue weighted by Crippen LogP contribution is -2.54. The molecular weight excluding hydrogens is 1100 g/mol. The summed E-state index contributed by atoms with van der Waals surface area (Å²) in [5, 5.41) is 34.0. The zero-order chi connectivity index (χ0) is 60.3. The van der Waals surface area contributed by atoms with Gasteiger partial charge in [0.25, 0.3) is 6.04 Å². The number of aliphatic imine (C=N–C) groups is 1. The Bertz CT molecular complexity index is 2950. The number of nitroso groups, excluding NO2 is 1. The molecule has 18 nitrogen and oxygen atoms in total. The average molecular weight is 1190 g/mol. The first-order valence-corrected chi connectivity index (χ1v) is 32.2. The van der Waals surface area contributed by atoms with Crippen molar-refractivity contribution in [3.05, 3.63) is 50.4 Å². The highest BCUT2D eigenvalue weighted by Gasteiger charge is 2.60. The Morgan fingerprint density at radius 2 is 1.60 bits per heavy atom. The summed E-state index contributed by atoms with van der Waals surface area (Å²) in [7, 11) is 1.60. The van der Waals surface area contributed by atoms with Gasteiger partial charge in [0.15, 0.2) is 24.2 Å². The molecular formula is C63H89N6O12S2+. The summed E-state index contributed by atoms with van der Waals surface area (Å²) in [4.78, 5) is 116. The number of carbonyl (C=O) groups excluding carboxylic acids is 5. The molecule has 5 aliphatic carbocycles. The second-order valence-electron chi connectivity index (χ2n) is 26.3. The Morgan fingerprint density at radius 3 is 2.33 bits per heavy atom. The van der Waals surface area contributed by atoms with E-state index < -0.39 is 35.5 Å². The molecule has 4 N–H and O–H groups in total. The Kier molecular flexibility index (Phi) is 20.3. The van der Waals surface area contributed by atoms with Gasteiger partial charge in [0.2, 0.25) is 11.8 Å². The number of nitrogens with one attached hydrogen (secondary N) is 1. The predicted molar refractivity (Wildman–Crippen MR) is 320 cm³/mol. The number of amides is 3. The number of carboxylic acid groups (broad SMARTS) is 2. The van der Waals surface area contributed by atoms with Crippen molar-refractivity contribution in [1.82, 2.24) is 20.1 Å². The van der Waals surface area contributed by atoms with Crippen molar-refractivity contribution in [3.8, 4) is 5.75 Å². The van der Waals surface area contributed by atoms with Gasteiger partial charge in [-0.3, -0.25) is 24.2 Å². The summed E-state index contributed by atoms with van der Waals surface area (Å²) in [5.41, 5.74) is 1.66. The summed E-state index contributed by atoms with van der Waals surface area (Å²) >= 11 is 2.61. The highest BCUT2D eigenvalue weighted by atomic mass is 32.2. The number of aliphatic hydroxyl groups excluding tert-OH is 1. The fraction of sp³-hybridized carbons (Fsp3) is 0.698. The number of ketones is 2. The number of hydrogen-bond acceptors (Lipinski definition) is 14. The van der Waals surface area contributed by atoms with Crippen LogP contribution < -0.4 is 10.1 Å². The van der Waals surface area contributed by atoms with E-state index in [0.29, 0.717) is 90.7 Å². The molecule has 8 rings (SSSR count). The molecule has 0 saturated heterocycles. The molecule has 0 radical (unpaired) electrons. The quantitative estimate of drug-likeness (QED) is 0.0410. The minimum absolute atomic E-state index is 0.0353. The Balaban J connectivity index is 0.795. The van der Waals surface area contributed by atoms with Crippen LogP contribution in [0.1, 0.15) is 170 Å². The second-order valence-corrected chi connectivity index (χ2v) is 28.3. The second kappa shape index (κ2) is 26.5. The molecule has 1 aromatic heterocycles. The molecule has 1 aliphatic heterocycles. The summed E-state index contributed by atoms with van der Waals surface area (Å²) in [6.45, 7) is 16.4. The molecule has 4 fully saturated rings. The molecule has 0 bridgehead atoms. The van der Waals surface area contributed by atoms with E-state index in [0.717, 1.165) is 48.2 Å². The summed E-state index contributed by atoms with van der Waals surface area (Å²) in [5.74, 6) is 1.24. The Labute approximate surface area is 497 Å². The number of ether oxygens (including phenoxy) is 1. The van der Waals surface area contributed by atoms with Crippen molar-refractivity contribution in [2.75, 3.05) is 45.5 Å². The van der Waals surface area contributed by atoms with Gasteiger partial charge >= 0.3 is 18.0 Å². The van der Waals surface area contributed by atoms with E-state index in [4.69, 9.17) is 4.74 Å². The zero-order valence-corrected chi connectivity index (χ0v) is 51.9. The topological polar surface area (TPSA) is 253 Å². The number of rotatable bonds is 25. The zero-order valence-electron chi connectivity index (χ0n) is 50.3. The van der Waals surface area contributed by atoms with Gasteiger partial charge in [0.1, 0.15) is 15.8 Å². The van der Waals surface area contributed by atoms with E-state index in [1.54, 1.807) is 59.9 Å². The molecule has 20 heteroatoms. The summed E-state index contributed by atoms with van der Waals surface area (Å²) < 4.78 is 7.31. The van der Waals surface area contributed by atoms with Crippen LogP contribution >= 0.6 is 23.1 Å². The van der Waals surface area contributed by atoms with Gasteiger partial charge in [0.05, 0.1) is 16.3 Å². The lowest BCUT2D eigenvalue weighted by atomic mass is 9.44. The van der Waals surface area contributed by atoms with Gasteiger partial charge in [-0.15, -0.1) is 23.1 Å². The number of thiazole rings is 1. The molecule has 6 aliphatic rings. The summed E-state index contributed by atoms with van der Waals surface area (Å²) in [6.07, 6.45) is 12.5. The van der Waals surface area contributed by atoms with Crippen LogP contribution in [0.15, 0.2) is 45.5 Å². The van der Waals surface area contributed by atoms with E-state index in [1.165, 1.54) is 71.4 Å². The van der Waals surface area contributed by atoms with E-state index in [-0.39, 0.29) is 99.1 Å². The van der Waals surface area contributed by atoms with E-state index in [2.05, 4.69) is 36.1 Å².